The quantitative estimate of drug-likeness (QED) is 0.445. The molecule has 4 N–H and O–H groups in total. The molecule has 0 unspecified atom stereocenters. The summed E-state index contributed by atoms with van der Waals surface area (Å²) < 4.78 is 0. The van der Waals surface area contributed by atoms with E-state index in [1.807, 2.05) is 19.1 Å². The Balaban J connectivity index is 2.10. The molecular weight excluding hydrogens is 292 g/mol. The van der Waals surface area contributed by atoms with Gasteiger partial charge in [-0.05, 0) is 31.2 Å². The second-order valence-electron chi connectivity index (χ2n) is 4.33. The molecule has 0 saturated heterocycles. The Labute approximate surface area is 124 Å². The summed E-state index contributed by atoms with van der Waals surface area (Å²) in [6.07, 6.45) is 0. The van der Waals surface area contributed by atoms with E-state index >= 15 is 0 Å². The van der Waals surface area contributed by atoms with Crippen LogP contribution in [0.5, 0.6) is 0 Å². The summed E-state index contributed by atoms with van der Waals surface area (Å²) in [6.45, 7) is 2.41. The number of nitro benzene ring substituents is 1. The third-order valence-electron chi connectivity index (χ3n) is 2.83. The van der Waals surface area contributed by atoms with Crippen LogP contribution in [0.1, 0.15) is 20.1 Å². The standard InChI is InChI=1S/C13H14N4O3S/c1-8-2-4-10(21-8)7-15-13(18)9-3-5-12(17(19)20)11(6-9)16-14/h2-6,16H,7,14H2,1H3,(H,15,18). The average Bonchev–Trinajstić information content (AvgIpc) is 2.89. The normalized spacial score (nSPS) is 10.2. The molecule has 0 atom stereocenters. The Morgan fingerprint density at radius 3 is 2.71 bits per heavy atom. The summed E-state index contributed by atoms with van der Waals surface area (Å²) in [4.78, 5) is 24.5. The summed E-state index contributed by atoms with van der Waals surface area (Å²) in [6, 6.07) is 7.93. The van der Waals surface area contributed by atoms with Crippen LogP contribution < -0.4 is 16.6 Å². The van der Waals surface area contributed by atoms with Crippen LogP contribution in [-0.2, 0) is 6.54 Å². The van der Waals surface area contributed by atoms with Crippen LogP contribution in [-0.4, -0.2) is 10.8 Å². The highest BCUT2D eigenvalue weighted by molar-refractivity contribution is 7.11. The van der Waals surface area contributed by atoms with Gasteiger partial charge in [0.1, 0.15) is 5.69 Å². The molecule has 0 bridgehead atoms. The zero-order chi connectivity index (χ0) is 15.4. The molecule has 1 aromatic carbocycles. The zero-order valence-electron chi connectivity index (χ0n) is 11.3. The predicted octanol–water partition coefficient (Wildman–Crippen LogP) is 2.18. The van der Waals surface area contributed by atoms with Gasteiger partial charge in [0.15, 0.2) is 0 Å². The number of hydrogen-bond donors (Lipinski definition) is 3. The van der Waals surface area contributed by atoms with Crippen molar-refractivity contribution in [2.45, 2.75) is 13.5 Å². The molecule has 0 aliphatic rings. The Morgan fingerprint density at radius 2 is 2.14 bits per heavy atom. The van der Waals surface area contributed by atoms with E-state index in [9.17, 15) is 14.9 Å². The number of hydrogen-bond acceptors (Lipinski definition) is 6. The first-order valence-corrected chi connectivity index (χ1v) is 6.91. The van der Waals surface area contributed by atoms with Crippen molar-refractivity contribution in [1.82, 2.24) is 5.32 Å². The molecule has 0 aliphatic carbocycles. The fraction of sp³-hybridized carbons (Fsp3) is 0.154. The van der Waals surface area contributed by atoms with Crippen molar-refractivity contribution in [2.75, 3.05) is 5.43 Å². The molecule has 2 aromatic rings. The Morgan fingerprint density at radius 1 is 1.38 bits per heavy atom. The van der Waals surface area contributed by atoms with E-state index in [2.05, 4.69) is 10.7 Å². The molecule has 1 heterocycles. The van der Waals surface area contributed by atoms with E-state index in [-0.39, 0.29) is 17.3 Å². The van der Waals surface area contributed by atoms with E-state index in [0.29, 0.717) is 12.1 Å². The highest BCUT2D eigenvalue weighted by Gasteiger charge is 2.16. The van der Waals surface area contributed by atoms with E-state index in [4.69, 9.17) is 5.84 Å². The number of rotatable bonds is 5. The van der Waals surface area contributed by atoms with Crippen LogP contribution in [0.2, 0.25) is 0 Å². The summed E-state index contributed by atoms with van der Waals surface area (Å²) >= 11 is 1.60. The smallest absolute Gasteiger partial charge is 0.293 e. The molecular formula is C13H14N4O3S. The first-order chi connectivity index (χ1) is 10.0. The van der Waals surface area contributed by atoms with Crippen LogP contribution in [0.25, 0.3) is 0 Å². The molecule has 7 nitrogen and oxygen atoms in total. The molecule has 0 saturated carbocycles. The average molecular weight is 306 g/mol. The fourth-order valence-electron chi connectivity index (χ4n) is 1.80. The number of nitro groups is 1. The van der Waals surface area contributed by atoms with Gasteiger partial charge in [-0.2, -0.15) is 0 Å². The minimum Gasteiger partial charge on any atom is -0.347 e. The highest BCUT2D eigenvalue weighted by atomic mass is 32.1. The number of aryl methyl sites for hydroxylation is 1. The minimum absolute atomic E-state index is 0.0969. The molecule has 1 aromatic heterocycles. The Bertz CT molecular complexity index is 684. The van der Waals surface area contributed by atoms with Crippen molar-refractivity contribution in [3.05, 3.63) is 55.8 Å². The predicted molar refractivity (Wildman–Crippen MR) is 81.1 cm³/mol. The topological polar surface area (TPSA) is 110 Å². The number of carbonyl (C=O) groups excluding carboxylic acids is 1. The molecule has 0 spiro atoms. The van der Waals surface area contributed by atoms with Gasteiger partial charge in [-0.3, -0.25) is 20.8 Å². The minimum atomic E-state index is -0.564. The van der Waals surface area contributed by atoms with Crippen LogP contribution in [0, 0.1) is 17.0 Å². The maximum atomic E-state index is 12.0. The lowest BCUT2D eigenvalue weighted by molar-refractivity contribution is -0.384. The van der Waals surface area contributed by atoms with Gasteiger partial charge in [-0.15, -0.1) is 11.3 Å². The van der Waals surface area contributed by atoms with Gasteiger partial charge >= 0.3 is 0 Å². The molecule has 0 radical (unpaired) electrons. The number of thiophene rings is 1. The summed E-state index contributed by atoms with van der Waals surface area (Å²) in [7, 11) is 0. The Hall–Kier alpha value is -2.45. The third-order valence-corrected chi connectivity index (χ3v) is 3.83. The highest BCUT2D eigenvalue weighted by Crippen LogP contribution is 2.24. The molecule has 21 heavy (non-hydrogen) atoms. The fourth-order valence-corrected chi connectivity index (χ4v) is 2.63. The van der Waals surface area contributed by atoms with Gasteiger partial charge in [0.2, 0.25) is 0 Å². The first kappa shape index (κ1) is 14.9. The van der Waals surface area contributed by atoms with E-state index in [0.717, 1.165) is 4.88 Å². The Kier molecular flexibility index (Phi) is 4.51. The molecule has 8 heteroatoms. The second kappa shape index (κ2) is 6.33. The number of hydrazine groups is 1. The molecule has 110 valence electrons. The number of nitrogen functional groups attached to an aromatic ring is 1. The SMILES string of the molecule is Cc1ccc(CNC(=O)c2ccc([N+](=O)[O-])c(NN)c2)s1. The monoisotopic (exact) mass is 306 g/mol. The van der Waals surface area contributed by atoms with Crippen LogP contribution in [0.15, 0.2) is 30.3 Å². The number of nitrogens with one attached hydrogen (secondary N) is 2. The lowest BCUT2D eigenvalue weighted by Gasteiger charge is -2.06. The van der Waals surface area contributed by atoms with Gasteiger partial charge in [0, 0.05) is 21.4 Å². The summed E-state index contributed by atoms with van der Waals surface area (Å²) in [5.41, 5.74) is 2.46. The van der Waals surface area contributed by atoms with Crippen LogP contribution in [0.4, 0.5) is 11.4 Å². The number of nitrogens with two attached hydrogens (primary N) is 1. The van der Waals surface area contributed by atoms with E-state index in [1.54, 1.807) is 11.3 Å². The summed E-state index contributed by atoms with van der Waals surface area (Å²) in [5.74, 6) is 4.93. The maximum Gasteiger partial charge on any atom is 0.293 e. The second-order valence-corrected chi connectivity index (χ2v) is 5.70. The lowest BCUT2D eigenvalue weighted by Crippen LogP contribution is -2.22. The van der Waals surface area contributed by atoms with Gasteiger partial charge in [0.05, 0.1) is 11.5 Å². The van der Waals surface area contributed by atoms with Crippen molar-refractivity contribution in [2.24, 2.45) is 5.84 Å². The van der Waals surface area contributed by atoms with E-state index in [1.165, 1.54) is 23.1 Å². The van der Waals surface area contributed by atoms with Crippen molar-refractivity contribution < 1.29 is 9.72 Å². The van der Waals surface area contributed by atoms with E-state index < -0.39 is 4.92 Å². The zero-order valence-corrected chi connectivity index (χ0v) is 12.1. The lowest BCUT2D eigenvalue weighted by atomic mass is 10.1. The maximum absolute atomic E-state index is 12.0. The molecule has 0 aliphatic heterocycles. The largest absolute Gasteiger partial charge is 0.347 e. The van der Waals surface area contributed by atoms with Gasteiger partial charge in [0.25, 0.3) is 11.6 Å². The number of anilines is 1. The van der Waals surface area contributed by atoms with Crippen molar-refractivity contribution in [1.29, 1.82) is 0 Å². The third kappa shape index (κ3) is 3.56. The number of benzene rings is 1. The number of carbonyl (C=O) groups is 1. The van der Waals surface area contributed by atoms with Crippen molar-refractivity contribution >= 4 is 28.6 Å². The summed E-state index contributed by atoms with van der Waals surface area (Å²) in [5, 5.41) is 13.5. The molecule has 0 fully saturated rings. The van der Waals surface area contributed by atoms with Crippen LogP contribution in [0.3, 0.4) is 0 Å². The number of nitrogens with zero attached hydrogens (tertiary/aromatic N) is 1. The first-order valence-electron chi connectivity index (χ1n) is 6.10. The molecule has 2 rings (SSSR count). The van der Waals surface area contributed by atoms with Gasteiger partial charge in [-0.1, -0.05) is 0 Å². The molecule has 1 amide bonds. The van der Waals surface area contributed by atoms with Gasteiger partial charge < -0.3 is 10.7 Å². The van der Waals surface area contributed by atoms with Crippen LogP contribution >= 0.6 is 11.3 Å². The van der Waals surface area contributed by atoms with Crippen molar-refractivity contribution in [3.63, 3.8) is 0 Å². The number of amides is 1. The van der Waals surface area contributed by atoms with Crippen molar-refractivity contribution in [3.8, 4) is 0 Å². The van der Waals surface area contributed by atoms with Gasteiger partial charge in [-0.25, -0.2) is 0 Å².